The van der Waals surface area contributed by atoms with Gasteiger partial charge in [-0.3, -0.25) is 5.04 Å². The Balaban J connectivity index is 3.50. The van der Waals surface area contributed by atoms with Crippen LogP contribution < -0.4 is 5.26 Å². The second kappa shape index (κ2) is 5.48. The van der Waals surface area contributed by atoms with Gasteiger partial charge in [-0.15, -0.1) is 0 Å². The molecule has 0 spiro atoms. The highest BCUT2D eigenvalue weighted by molar-refractivity contribution is 7.94. The molecule has 0 amide bonds. The SMILES string of the molecule is Cc1c(F)c(F)c(SOO[O-])c(F)c1C(C)(C)C. The van der Waals surface area contributed by atoms with Crippen molar-refractivity contribution in [2.24, 2.45) is 0 Å². The van der Waals surface area contributed by atoms with Gasteiger partial charge in [0.1, 0.15) is 10.7 Å². The van der Waals surface area contributed by atoms with Crippen molar-refractivity contribution in [1.29, 1.82) is 0 Å². The van der Waals surface area contributed by atoms with E-state index in [9.17, 15) is 18.4 Å². The monoisotopic (exact) mass is 281 g/mol. The molecule has 3 nitrogen and oxygen atoms in total. The Morgan fingerprint density at radius 1 is 1.06 bits per heavy atom. The van der Waals surface area contributed by atoms with Gasteiger partial charge in [0.15, 0.2) is 11.6 Å². The van der Waals surface area contributed by atoms with Gasteiger partial charge in [-0.2, -0.15) is 4.33 Å². The lowest BCUT2D eigenvalue weighted by Crippen LogP contribution is -2.19. The van der Waals surface area contributed by atoms with Crippen LogP contribution in [0.25, 0.3) is 0 Å². The molecule has 0 saturated heterocycles. The molecule has 7 heteroatoms. The Bertz CT molecular complexity index is 458. The second-order valence-corrected chi connectivity index (χ2v) is 5.45. The van der Waals surface area contributed by atoms with Crippen LogP contribution in [-0.4, -0.2) is 0 Å². The first kappa shape index (κ1) is 15.3. The van der Waals surface area contributed by atoms with E-state index in [0.29, 0.717) is 0 Å². The summed E-state index contributed by atoms with van der Waals surface area (Å²) in [6.45, 7) is 6.28. The summed E-state index contributed by atoms with van der Waals surface area (Å²) in [4.78, 5) is -0.737. The van der Waals surface area contributed by atoms with Gasteiger partial charge in [0.25, 0.3) is 0 Å². The molecule has 0 radical (unpaired) electrons. The molecule has 0 aromatic heterocycles. The predicted molar refractivity (Wildman–Crippen MR) is 57.8 cm³/mol. The minimum absolute atomic E-state index is 0.00208. The molecule has 0 aliphatic carbocycles. The van der Waals surface area contributed by atoms with Crippen LogP contribution in [0.15, 0.2) is 4.90 Å². The van der Waals surface area contributed by atoms with Gasteiger partial charge in [0, 0.05) is 5.56 Å². The summed E-state index contributed by atoms with van der Waals surface area (Å²) in [7, 11) is 0. The zero-order chi connectivity index (χ0) is 14.1. The van der Waals surface area contributed by atoms with E-state index in [0.717, 1.165) is 0 Å². The van der Waals surface area contributed by atoms with E-state index in [-0.39, 0.29) is 23.2 Å². The Labute approximate surface area is 107 Å². The van der Waals surface area contributed by atoms with Crippen LogP contribution >= 0.6 is 12.0 Å². The molecule has 1 rings (SSSR count). The van der Waals surface area contributed by atoms with E-state index in [2.05, 4.69) is 9.37 Å². The maximum atomic E-state index is 14.1. The molecular formula is C11H12F3O3S-. The van der Waals surface area contributed by atoms with Gasteiger partial charge in [0.2, 0.25) is 0 Å². The maximum Gasteiger partial charge on any atom is 0.178 e. The summed E-state index contributed by atoms with van der Waals surface area (Å²) in [5.41, 5.74) is -0.806. The van der Waals surface area contributed by atoms with Crippen LogP contribution in [0.2, 0.25) is 0 Å². The zero-order valence-electron chi connectivity index (χ0n) is 10.3. The van der Waals surface area contributed by atoms with Gasteiger partial charge < -0.3 is 5.26 Å². The fourth-order valence-electron chi connectivity index (χ4n) is 1.76. The Hall–Kier alpha value is -0.760. The van der Waals surface area contributed by atoms with Crippen molar-refractivity contribution in [3.63, 3.8) is 0 Å². The van der Waals surface area contributed by atoms with Crippen molar-refractivity contribution in [3.8, 4) is 0 Å². The fraction of sp³-hybridized carbons (Fsp3) is 0.455. The molecule has 0 bridgehead atoms. The molecule has 0 saturated carbocycles. The molecular weight excluding hydrogens is 269 g/mol. The summed E-state index contributed by atoms with van der Waals surface area (Å²) in [6, 6.07) is 0. The minimum Gasteiger partial charge on any atom is -0.691 e. The largest absolute Gasteiger partial charge is 0.691 e. The van der Waals surface area contributed by atoms with Gasteiger partial charge in [-0.25, -0.2) is 13.2 Å². The van der Waals surface area contributed by atoms with E-state index in [1.165, 1.54) is 6.92 Å². The van der Waals surface area contributed by atoms with E-state index < -0.39 is 27.8 Å². The Morgan fingerprint density at radius 2 is 1.61 bits per heavy atom. The standard InChI is InChI=1S/C11H13F3O3S/c1-5-6(11(2,3)4)8(13)10(18-17-16-15)9(14)7(5)12/h15H,1-4H3/p-1. The maximum absolute atomic E-state index is 14.1. The smallest absolute Gasteiger partial charge is 0.178 e. The van der Waals surface area contributed by atoms with Gasteiger partial charge in [-0.05, 0) is 17.9 Å². The predicted octanol–water partition coefficient (Wildman–Crippen LogP) is 2.94. The highest BCUT2D eigenvalue weighted by atomic mass is 32.2. The molecule has 1 aromatic rings. The molecule has 102 valence electrons. The van der Waals surface area contributed by atoms with Gasteiger partial charge in [0.05, 0.1) is 12.0 Å². The Morgan fingerprint density at radius 3 is 2.06 bits per heavy atom. The van der Waals surface area contributed by atoms with Crippen LogP contribution in [0.1, 0.15) is 31.9 Å². The highest BCUT2D eigenvalue weighted by Gasteiger charge is 2.30. The minimum atomic E-state index is -1.40. The van der Waals surface area contributed by atoms with E-state index in [1.807, 2.05) is 0 Å². The van der Waals surface area contributed by atoms with Crippen molar-refractivity contribution < 1.29 is 27.8 Å². The van der Waals surface area contributed by atoms with Crippen LogP contribution in [0.4, 0.5) is 13.2 Å². The zero-order valence-corrected chi connectivity index (χ0v) is 11.1. The first-order valence-corrected chi connectivity index (χ1v) is 5.76. The number of hydrogen-bond donors (Lipinski definition) is 0. The van der Waals surface area contributed by atoms with E-state index in [4.69, 9.17) is 0 Å². The lowest BCUT2D eigenvalue weighted by Gasteiger charge is -2.24. The summed E-state index contributed by atoms with van der Waals surface area (Å²) in [5, 5.41) is 12.7. The molecule has 1 aromatic carbocycles. The van der Waals surface area contributed by atoms with Crippen LogP contribution in [0, 0.1) is 24.4 Å². The topological polar surface area (TPSA) is 41.5 Å². The molecule has 0 heterocycles. The molecule has 0 unspecified atom stereocenters. The van der Waals surface area contributed by atoms with Crippen molar-refractivity contribution >= 4 is 12.0 Å². The average Bonchev–Trinajstić information content (AvgIpc) is 2.24. The number of hydrogen-bond acceptors (Lipinski definition) is 4. The molecule has 0 aliphatic rings. The fourth-order valence-corrected chi connectivity index (χ4v) is 2.20. The lowest BCUT2D eigenvalue weighted by atomic mass is 9.83. The van der Waals surface area contributed by atoms with Crippen LogP contribution in [0.3, 0.4) is 0 Å². The molecule has 0 atom stereocenters. The van der Waals surface area contributed by atoms with Crippen molar-refractivity contribution in [2.75, 3.05) is 0 Å². The second-order valence-electron chi connectivity index (χ2n) is 4.74. The number of benzene rings is 1. The van der Waals surface area contributed by atoms with Crippen LogP contribution in [0.5, 0.6) is 0 Å². The number of rotatable bonds is 3. The van der Waals surface area contributed by atoms with Crippen molar-refractivity contribution in [3.05, 3.63) is 28.6 Å². The third-order valence-corrected chi connectivity index (χ3v) is 3.06. The molecule has 0 N–H and O–H groups in total. The van der Waals surface area contributed by atoms with Gasteiger partial charge >= 0.3 is 0 Å². The summed E-state index contributed by atoms with van der Waals surface area (Å²) < 4.78 is 45.2. The number of halogens is 3. The van der Waals surface area contributed by atoms with E-state index in [1.54, 1.807) is 20.8 Å². The first-order valence-electron chi connectivity index (χ1n) is 5.02. The van der Waals surface area contributed by atoms with Crippen LogP contribution in [-0.2, 0) is 14.8 Å². The van der Waals surface area contributed by atoms with Gasteiger partial charge in [-0.1, -0.05) is 20.8 Å². The third kappa shape index (κ3) is 2.80. The lowest BCUT2D eigenvalue weighted by molar-refractivity contribution is -0.777. The highest BCUT2D eigenvalue weighted by Crippen LogP contribution is 2.37. The summed E-state index contributed by atoms with van der Waals surface area (Å²) >= 11 is 0.00208. The van der Waals surface area contributed by atoms with Crippen molar-refractivity contribution in [1.82, 2.24) is 0 Å². The van der Waals surface area contributed by atoms with E-state index >= 15 is 0 Å². The summed E-state index contributed by atoms with van der Waals surface area (Å²) in [6.07, 6.45) is 0. The van der Waals surface area contributed by atoms with Crippen molar-refractivity contribution in [2.45, 2.75) is 38.0 Å². The first-order chi connectivity index (χ1) is 8.21. The Kier molecular flexibility index (Phi) is 4.66. The molecule has 18 heavy (non-hydrogen) atoms. The third-order valence-electron chi connectivity index (χ3n) is 2.41. The summed E-state index contributed by atoms with van der Waals surface area (Å²) in [5.74, 6) is -3.53. The molecule has 0 aliphatic heterocycles. The normalized spacial score (nSPS) is 12.0. The molecule has 0 fully saturated rings. The average molecular weight is 281 g/mol. The quantitative estimate of drug-likeness (QED) is 0.370.